The van der Waals surface area contributed by atoms with Crippen molar-refractivity contribution in [3.8, 4) is 5.75 Å². The van der Waals surface area contributed by atoms with E-state index in [1.165, 1.54) is 6.07 Å². The first-order valence-electron chi connectivity index (χ1n) is 10.4. The van der Waals surface area contributed by atoms with Gasteiger partial charge < -0.3 is 19.7 Å². The minimum absolute atomic E-state index is 0.00895. The lowest BCUT2D eigenvalue weighted by molar-refractivity contribution is -0.249. The number of hydrogen-bond donors (Lipinski definition) is 2. The van der Waals surface area contributed by atoms with Crippen molar-refractivity contribution < 1.29 is 24.5 Å². The predicted octanol–water partition coefficient (Wildman–Crippen LogP) is 4.76. The number of aliphatic hydroxyl groups is 1. The van der Waals surface area contributed by atoms with Crippen molar-refractivity contribution in [2.45, 2.75) is 70.6 Å². The summed E-state index contributed by atoms with van der Waals surface area (Å²) in [6.45, 7) is 3.85. The van der Waals surface area contributed by atoms with Crippen LogP contribution in [0.2, 0.25) is 0 Å². The Morgan fingerprint density at radius 2 is 1.83 bits per heavy atom. The number of rotatable bonds is 8. The highest BCUT2D eigenvalue weighted by atomic mass is 16.7. The van der Waals surface area contributed by atoms with Crippen molar-refractivity contribution in [1.82, 2.24) is 0 Å². The third-order valence-electron chi connectivity index (χ3n) is 5.34. The molecular weight excluding hydrogens is 368 g/mol. The molecular formula is C24H30O5. The molecule has 1 aliphatic heterocycles. The average molecular weight is 398 g/mol. The van der Waals surface area contributed by atoms with E-state index >= 15 is 0 Å². The smallest absolute Gasteiger partial charge is 0.193 e. The summed E-state index contributed by atoms with van der Waals surface area (Å²) < 4.78 is 12.2. The molecule has 5 nitrogen and oxygen atoms in total. The number of aliphatic hydroxyl groups excluding tert-OH is 1. The SMILES string of the molecule is CCC1CC(CCC[C@H](C)O)OC(c2cc(C(=O)c3ccccc3)ccc2O)O1. The molecule has 4 atom stereocenters. The Hall–Kier alpha value is -2.21. The Labute approximate surface area is 172 Å². The summed E-state index contributed by atoms with van der Waals surface area (Å²) in [6.07, 6.45) is 3.03. The summed E-state index contributed by atoms with van der Waals surface area (Å²) in [5.74, 6) is -0.0534. The van der Waals surface area contributed by atoms with Gasteiger partial charge in [0.15, 0.2) is 12.1 Å². The third-order valence-corrected chi connectivity index (χ3v) is 5.34. The van der Waals surface area contributed by atoms with Gasteiger partial charge in [-0.05, 0) is 50.8 Å². The van der Waals surface area contributed by atoms with Crippen LogP contribution in [0, 0.1) is 0 Å². The van der Waals surface area contributed by atoms with E-state index in [2.05, 4.69) is 6.92 Å². The molecule has 0 radical (unpaired) electrons. The van der Waals surface area contributed by atoms with Crippen molar-refractivity contribution >= 4 is 5.78 Å². The van der Waals surface area contributed by atoms with Crippen LogP contribution in [0.15, 0.2) is 48.5 Å². The van der Waals surface area contributed by atoms with E-state index in [0.717, 1.165) is 32.1 Å². The second-order valence-electron chi connectivity index (χ2n) is 7.74. The van der Waals surface area contributed by atoms with E-state index in [9.17, 15) is 15.0 Å². The van der Waals surface area contributed by atoms with E-state index in [0.29, 0.717) is 16.7 Å². The van der Waals surface area contributed by atoms with Crippen LogP contribution in [0.5, 0.6) is 5.75 Å². The van der Waals surface area contributed by atoms with E-state index in [1.54, 1.807) is 31.2 Å². The molecule has 2 N–H and O–H groups in total. The van der Waals surface area contributed by atoms with Crippen LogP contribution in [-0.4, -0.2) is 34.3 Å². The molecule has 0 amide bonds. The van der Waals surface area contributed by atoms with Crippen LogP contribution in [0.1, 0.15) is 73.7 Å². The predicted molar refractivity (Wildman–Crippen MR) is 111 cm³/mol. The molecule has 3 unspecified atom stereocenters. The van der Waals surface area contributed by atoms with E-state index < -0.39 is 6.29 Å². The molecule has 1 aliphatic rings. The maximum atomic E-state index is 12.8. The van der Waals surface area contributed by atoms with E-state index in [4.69, 9.17) is 9.47 Å². The first-order valence-corrected chi connectivity index (χ1v) is 10.4. The number of aromatic hydroxyl groups is 1. The number of ketones is 1. The van der Waals surface area contributed by atoms with E-state index in [1.807, 2.05) is 18.2 Å². The van der Waals surface area contributed by atoms with Crippen LogP contribution >= 0.6 is 0 Å². The number of carbonyl (C=O) groups excluding carboxylic acids is 1. The molecule has 0 aliphatic carbocycles. The molecule has 3 rings (SSSR count). The molecule has 1 fully saturated rings. The maximum Gasteiger partial charge on any atom is 0.193 e. The lowest BCUT2D eigenvalue weighted by Crippen LogP contribution is -2.33. The van der Waals surface area contributed by atoms with Crippen molar-refractivity contribution in [1.29, 1.82) is 0 Å². The minimum atomic E-state index is -0.714. The number of hydrogen-bond acceptors (Lipinski definition) is 5. The highest BCUT2D eigenvalue weighted by molar-refractivity contribution is 6.09. The van der Waals surface area contributed by atoms with Crippen LogP contribution in [0.4, 0.5) is 0 Å². The van der Waals surface area contributed by atoms with Crippen molar-refractivity contribution in [2.75, 3.05) is 0 Å². The summed E-state index contributed by atoms with van der Waals surface area (Å²) in [7, 11) is 0. The molecule has 1 saturated heterocycles. The summed E-state index contributed by atoms with van der Waals surface area (Å²) in [4.78, 5) is 12.8. The van der Waals surface area contributed by atoms with Gasteiger partial charge in [0.2, 0.25) is 0 Å². The number of phenolic OH excluding ortho intramolecular Hbond substituents is 1. The highest BCUT2D eigenvalue weighted by Crippen LogP contribution is 2.37. The minimum Gasteiger partial charge on any atom is -0.507 e. The number of ether oxygens (including phenoxy) is 2. The first-order chi connectivity index (χ1) is 14.0. The Morgan fingerprint density at radius 3 is 2.52 bits per heavy atom. The second kappa shape index (κ2) is 10.0. The molecule has 0 spiro atoms. The largest absolute Gasteiger partial charge is 0.507 e. The van der Waals surface area contributed by atoms with Crippen molar-refractivity contribution in [3.63, 3.8) is 0 Å². The fourth-order valence-electron chi connectivity index (χ4n) is 3.66. The maximum absolute atomic E-state index is 12.8. The molecule has 5 heteroatoms. The fraction of sp³-hybridized carbons (Fsp3) is 0.458. The van der Waals surface area contributed by atoms with Gasteiger partial charge in [0, 0.05) is 17.5 Å². The lowest BCUT2D eigenvalue weighted by Gasteiger charge is -2.36. The molecule has 0 saturated carbocycles. The van der Waals surface area contributed by atoms with Crippen molar-refractivity contribution in [2.24, 2.45) is 0 Å². The number of carbonyl (C=O) groups is 1. The normalized spacial score (nSPS) is 22.9. The number of phenols is 1. The van der Waals surface area contributed by atoms with Gasteiger partial charge in [0.05, 0.1) is 23.9 Å². The third kappa shape index (κ3) is 5.66. The van der Waals surface area contributed by atoms with Gasteiger partial charge in [-0.15, -0.1) is 0 Å². The molecule has 0 bridgehead atoms. The molecule has 2 aromatic rings. The number of benzene rings is 2. The van der Waals surface area contributed by atoms with E-state index in [-0.39, 0.29) is 29.8 Å². The van der Waals surface area contributed by atoms with Gasteiger partial charge in [-0.3, -0.25) is 4.79 Å². The summed E-state index contributed by atoms with van der Waals surface area (Å²) in [5, 5.41) is 19.9. The van der Waals surface area contributed by atoms with Gasteiger partial charge in [-0.2, -0.15) is 0 Å². The fourth-order valence-corrected chi connectivity index (χ4v) is 3.66. The average Bonchev–Trinajstić information content (AvgIpc) is 2.73. The van der Waals surface area contributed by atoms with Gasteiger partial charge in [0.1, 0.15) is 5.75 Å². The van der Waals surface area contributed by atoms with Gasteiger partial charge in [0.25, 0.3) is 0 Å². The second-order valence-corrected chi connectivity index (χ2v) is 7.74. The highest BCUT2D eigenvalue weighted by Gasteiger charge is 2.32. The zero-order chi connectivity index (χ0) is 20.8. The lowest BCUT2D eigenvalue weighted by atomic mass is 9.98. The van der Waals surface area contributed by atoms with Gasteiger partial charge in [-0.25, -0.2) is 0 Å². The summed E-state index contributed by atoms with van der Waals surface area (Å²) in [5.41, 5.74) is 1.56. The van der Waals surface area contributed by atoms with Crippen LogP contribution < -0.4 is 0 Å². The van der Waals surface area contributed by atoms with Crippen molar-refractivity contribution in [3.05, 3.63) is 65.2 Å². The Morgan fingerprint density at radius 1 is 1.10 bits per heavy atom. The summed E-state index contributed by atoms with van der Waals surface area (Å²) >= 11 is 0. The first kappa shape index (κ1) is 21.5. The Balaban J connectivity index is 1.79. The molecule has 29 heavy (non-hydrogen) atoms. The molecule has 2 aromatic carbocycles. The molecule has 0 aromatic heterocycles. The molecule has 156 valence electrons. The topological polar surface area (TPSA) is 76.0 Å². The quantitative estimate of drug-likeness (QED) is 0.627. The monoisotopic (exact) mass is 398 g/mol. The van der Waals surface area contributed by atoms with Crippen LogP contribution in [0.3, 0.4) is 0 Å². The zero-order valence-electron chi connectivity index (χ0n) is 17.1. The van der Waals surface area contributed by atoms with Crippen LogP contribution in [0.25, 0.3) is 0 Å². The Bertz CT molecular complexity index is 802. The Kier molecular flexibility index (Phi) is 7.42. The summed E-state index contributed by atoms with van der Waals surface area (Å²) in [6, 6.07) is 13.9. The standard InChI is InChI=1S/C24H30O5/c1-3-19-15-20(11-7-8-16(2)25)29-24(28-19)21-14-18(12-13-22(21)26)23(27)17-9-5-4-6-10-17/h4-6,9-10,12-14,16,19-20,24-26H,3,7-8,11,15H2,1-2H3/t16-,19?,20?,24?/m0/s1. The van der Waals surface area contributed by atoms with Crippen LogP contribution in [-0.2, 0) is 9.47 Å². The zero-order valence-corrected chi connectivity index (χ0v) is 17.1. The molecule has 1 heterocycles. The van der Waals surface area contributed by atoms with Gasteiger partial charge >= 0.3 is 0 Å². The van der Waals surface area contributed by atoms with Gasteiger partial charge in [-0.1, -0.05) is 37.3 Å².